The Labute approximate surface area is 146 Å². The van der Waals surface area contributed by atoms with E-state index in [4.69, 9.17) is 4.98 Å². The van der Waals surface area contributed by atoms with E-state index in [9.17, 15) is 9.59 Å². The standard InChI is InChI=1S/C19H22N4O2/c24-17(21-14-7-8-14)12-20-19(25)15-11-13-5-1-2-6-16(13)22-18(15)23-9-3-4-10-23/h1-2,5-6,11,14H,3-4,7-10,12H2,(H,20,25)(H,21,24). The summed E-state index contributed by atoms with van der Waals surface area (Å²) >= 11 is 0. The number of fused-ring (bicyclic) bond motifs is 1. The molecule has 1 aromatic heterocycles. The highest BCUT2D eigenvalue weighted by atomic mass is 16.2. The molecule has 0 spiro atoms. The zero-order chi connectivity index (χ0) is 17.2. The van der Waals surface area contributed by atoms with Gasteiger partial charge in [-0.25, -0.2) is 4.98 Å². The summed E-state index contributed by atoms with van der Waals surface area (Å²) in [6.07, 6.45) is 4.29. The number of carbonyl (C=O) groups is 2. The summed E-state index contributed by atoms with van der Waals surface area (Å²) in [4.78, 5) is 31.4. The molecule has 0 unspecified atom stereocenters. The Bertz CT molecular complexity index is 810. The van der Waals surface area contributed by atoms with Crippen molar-refractivity contribution in [3.05, 3.63) is 35.9 Å². The van der Waals surface area contributed by atoms with E-state index in [0.717, 1.165) is 55.5 Å². The smallest absolute Gasteiger partial charge is 0.255 e. The lowest BCUT2D eigenvalue weighted by atomic mass is 10.1. The molecule has 130 valence electrons. The second-order valence-corrected chi connectivity index (χ2v) is 6.77. The number of anilines is 1. The second-order valence-electron chi connectivity index (χ2n) is 6.77. The molecule has 1 aliphatic carbocycles. The van der Waals surface area contributed by atoms with Crippen molar-refractivity contribution in [3.63, 3.8) is 0 Å². The second kappa shape index (κ2) is 6.70. The summed E-state index contributed by atoms with van der Waals surface area (Å²) in [6, 6.07) is 9.97. The van der Waals surface area contributed by atoms with Crippen molar-refractivity contribution in [2.75, 3.05) is 24.5 Å². The minimum absolute atomic E-state index is 0.00159. The fourth-order valence-corrected chi connectivity index (χ4v) is 3.21. The van der Waals surface area contributed by atoms with Gasteiger partial charge in [-0.2, -0.15) is 0 Å². The van der Waals surface area contributed by atoms with E-state index < -0.39 is 0 Å². The molecule has 2 aromatic rings. The molecule has 6 nitrogen and oxygen atoms in total. The molecule has 6 heteroatoms. The van der Waals surface area contributed by atoms with Gasteiger partial charge in [0.2, 0.25) is 5.91 Å². The van der Waals surface area contributed by atoms with Crippen LogP contribution in [0.4, 0.5) is 5.82 Å². The predicted octanol–water partition coefficient (Wildman–Crippen LogP) is 1.84. The summed E-state index contributed by atoms with van der Waals surface area (Å²) in [5, 5.41) is 6.55. The molecule has 2 fully saturated rings. The van der Waals surface area contributed by atoms with Crippen LogP contribution in [0.2, 0.25) is 0 Å². The Morgan fingerprint density at radius 2 is 1.92 bits per heavy atom. The van der Waals surface area contributed by atoms with Crippen LogP contribution in [-0.4, -0.2) is 42.5 Å². The molecular weight excluding hydrogens is 316 g/mol. The maximum absolute atomic E-state index is 12.7. The minimum atomic E-state index is -0.244. The largest absolute Gasteiger partial charge is 0.356 e. The van der Waals surface area contributed by atoms with Crippen LogP contribution in [0.15, 0.2) is 30.3 Å². The van der Waals surface area contributed by atoms with Crippen molar-refractivity contribution >= 4 is 28.5 Å². The number of hydrogen-bond donors (Lipinski definition) is 2. The summed E-state index contributed by atoms with van der Waals surface area (Å²) in [5.74, 6) is 0.342. The van der Waals surface area contributed by atoms with E-state index in [1.807, 2.05) is 30.3 Å². The van der Waals surface area contributed by atoms with E-state index in [-0.39, 0.29) is 18.4 Å². The highest BCUT2D eigenvalue weighted by molar-refractivity contribution is 6.03. The maximum atomic E-state index is 12.7. The number of carbonyl (C=O) groups excluding carboxylic acids is 2. The lowest BCUT2D eigenvalue weighted by molar-refractivity contribution is -0.120. The highest BCUT2D eigenvalue weighted by Crippen LogP contribution is 2.26. The van der Waals surface area contributed by atoms with Crippen molar-refractivity contribution in [2.45, 2.75) is 31.7 Å². The highest BCUT2D eigenvalue weighted by Gasteiger charge is 2.25. The van der Waals surface area contributed by atoms with Crippen molar-refractivity contribution in [1.82, 2.24) is 15.6 Å². The lowest BCUT2D eigenvalue weighted by Crippen LogP contribution is -2.38. The molecule has 2 amide bonds. The van der Waals surface area contributed by atoms with Crippen molar-refractivity contribution < 1.29 is 9.59 Å². The van der Waals surface area contributed by atoms with Crippen LogP contribution in [-0.2, 0) is 4.79 Å². The van der Waals surface area contributed by atoms with Gasteiger partial charge in [0.25, 0.3) is 5.91 Å². The van der Waals surface area contributed by atoms with Gasteiger partial charge in [-0.15, -0.1) is 0 Å². The van der Waals surface area contributed by atoms with Crippen LogP contribution in [0.25, 0.3) is 10.9 Å². The van der Waals surface area contributed by atoms with Gasteiger partial charge in [0.1, 0.15) is 5.82 Å². The monoisotopic (exact) mass is 338 g/mol. The van der Waals surface area contributed by atoms with Crippen LogP contribution < -0.4 is 15.5 Å². The SMILES string of the molecule is O=C(CNC(=O)c1cc2ccccc2nc1N1CCCC1)NC1CC1. The Kier molecular flexibility index (Phi) is 4.26. The van der Waals surface area contributed by atoms with Gasteiger partial charge in [-0.3, -0.25) is 9.59 Å². The first-order valence-electron chi connectivity index (χ1n) is 8.93. The van der Waals surface area contributed by atoms with Crippen LogP contribution >= 0.6 is 0 Å². The quantitative estimate of drug-likeness (QED) is 0.872. The normalized spacial score (nSPS) is 16.9. The number of aromatic nitrogens is 1. The number of hydrogen-bond acceptors (Lipinski definition) is 4. The number of rotatable bonds is 5. The van der Waals surface area contributed by atoms with Gasteiger partial charge >= 0.3 is 0 Å². The third-order valence-corrected chi connectivity index (χ3v) is 4.71. The van der Waals surface area contributed by atoms with Crippen molar-refractivity contribution in [1.29, 1.82) is 0 Å². The van der Waals surface area contributed by atoms with Crippen LogP contribution in [0, 0.1) is 0 Å². The van der Waals surface area contributed by atoms with E-state index in [1.165, 1.54) is 0 Å². The van der Waals surface area contributed by atoms with E-state index in [2.05, 4.69) is 15.5 Å². The zero-order valence-electron chi connectivity index (χ0n) is 14.1. The average molecular weight is 338 g/mol. The maximum Gasteiger partial charge on any atom is 0.255 e. The topological polar surface area (TPSA) is 74.3 Å². The van der Waals surface area contributed by atoms with Crippen molar-refractivity contribution in [3.8, 4) is 0 Å². The molecule has 0 atom stereocenters. The summed E-state index contributed by atoms with van der Waals surface area (Å²) < 4.78 is 0. The Morgan fingerprint density at radius 3 is 2.68 bits per heavy atom. The van der Waals surface area contributed by atoms with Gasteiger partial charge in [0.15, 0.2) is 0 Å². The third kappa shape index (κ3) is 3.57. The minimum Gasteiger partial charge on any atom is -0.356 e. The first kappa shape index (κ1) is 15.9. The van der Waals surface area contributed by atoms with Gasteiger partial charge in [0.05, 0.1) is 17.6 Å². The Morgan fingerprint density at radius 1 is 1.16 bits per heavy atom. The predicted molar refractivity (Wildman–Crippen MR) is 96.7 cm³/mol. The van der Waals surface area contributed by atoms with E-state index in [1.54, 1.807) is 0 Å². The number of benzene rings is 1. The van der Waals surface area contributed by atoms with Gasteiger partial charge in [-0.05, 0) is 37.8 Å². The van der Waals surface area contributed by atoms with Gasteiger partial charge < -0.3 is 15.5 Å². The molecular formula is C19H22N4O2. The number of amides is 2. The first-order chi connectivity index (χ1) is 12.2. The van der Waals surface area contributed by atoms with Crippen LogP contribution in [0.5, 0.6) is 0 Å². The molecule has 2 aliphatic rings. The lowest BCUT2D eigenvalue weighted by Gasteiger charge is -2.20. The fraction of sp³-hybridized carbons (Fsp3) is 0.421. The molecule has 1 saturated heterocycles. The molecule has 1 aromatic carbocycles. The molecule has 1 aliphatic heterocycles. The van der Waals surface area contributed by atoms with Crippen molar-refractivity contribution in [2.24, 2.45) is 0 Å². The Hall–Kier alpha value is -2.63. The molecule has 2 heterocycles. The summed E-state index contributed by atoms with van der Waals surface area (Å²) in [5.41, 5.74) is 1.42. The zero-order valence-corrected chi connectivity index (χ0v) is 14.1. The molecule has 25 heavy (non-hydrogen) atoms. The van der Waals surface area contributed by atoms with Gasteiger partial charge in [-0.1, -0.05) is 18.2 Å². The molecule has 0 bridgehead atoms. The average Bonchev–Trinajstić information content (AvgIpc) is 3.27. The molecule has 2 N–H and O–H groups in total. The molecule has 4 rings (SSSR count). The fourth-order valence-electron chi connectivity index (χ4n) is 3.21. The van der Waals surface area contributed by atoms with Gasteiger partial charge in [0, 0.05) is 24.5 Å². The first-order valence-corrected chi connectivity index (χ1v) is 8.93. The van der Waals surface area contributed by atoms with Crippen LogP contribution in [0.3, 0.4) is 0 Å². The number of nitrogens with one attached hydrogen (secondary N) is 2. The molecule has 0 radical (unpaired) electrons. The van der Waals surface area contributed by atoms with E-state index >= 15 is 0 Å². The summed E-state index contributed by atoms with van der Waals surface area (Å²) in [6.45, 7) is 1.82. The van der Waals surface area contributed by atoms with Crippen LogP contribution in [0.1, 0.15) is 36.0 Å². The number of para-hydroxylation sites is 1. The molecule has 1 saturated carbocycles. The number of nitrogens with zero attached hydrogens (tertiary/aromatic N) is 2. The Balaban J connectivity index is 1.58. The number of pyridine rings is 1. The third-order valence-electron chi connectivity index (χ3n) is 4.71. The van der Waals surface area contributed by atoms with E-state index in [0.29, 0.717) is 11.6 Å². The summed E-state index contributed by atoms with van der Waals surface area (Å²) in [7, 11) is 0.